The van der Waals surface area contributed by atoms with Crippen molar-refractivity contribution in [1.82, 2.24) is 15.2 Å². The van der Waals surface area contributed by atoms with Crippen molar-refractivity contribution in [3.63, 3.8) is 0 Å². The fourth-order valence-electron chi connectivity index (χ4n) is 2.73. The summed E-state index contributed by atoms with van der Waals surface area (Å²) in [6.45, 7) is 2.37. The second-order valence-corrected chi connectivity index (χ2v) is 6.41. The van der Waals surface area contributed by atoms with Gasteiger partial charge >= 0.3 is 0 Å². The molecule has 0 unspecified atom stereocenters. The van der Waals surface area contributed by atoms with E-state index in [2.05, 4.69) is 20.5 Å². The van der Waals surface area contributed by atoms with Crippen LogP contribution in [-0.2, 0) is 4.79 Å². The Morgan fingerprint density at radius 1 is 1.45 bits per heavy atom. The van der Waals surface area contributed by atoms with Crippen LogP contribution in [-0.4, -0.2) is 48.5 Å². The molecule has 6 heteroatoms. The van der Waals surface area contributed by atoms with Crippen LogP contribution in [0.3, 0.4) is 0 Å². The first-order valence-electron chi connectivity index (χ1n) is 7.18. The number of carbonyl (C=O) groups is 1. The lowest BCUT2D eigenvalue weighted by Crippen LogP contribution is -2.42. The monoisotopic (exact) mass is 296 g/mol. The van der Waals surface area contributed by atoms with E-state index >= 15 is 0 Å². The molecule has 1 heterocycles. The van der Waals surface area contributed by atoms with E-state index in [1.165, 1.54) is 24.2 Å². The first-order chi connectivity index (χ1) is 9.58. The molecular formula is C14H24N4OS. The molecule has 0 saturated heterocycles. The summed E-state index contributed by atoms with van der Waals surface area (Å²) in [7, 11) is 4.06. The van der Waals surface area contributed by atoms with Crippen LogP contribution in [0.5, 0.6) is 0 Å². The van der Waals surface area contributed by atoms with E-state index in [4.69, 9.17) is 0 Å². The number of carbonyl (C=O) groups excluding carboxylic acids is 1. The number of amides is 1. The minimum absolute atomic E-state index is 0.0255. The van der Waals surface area contributed by atoms with Gasteiger partial charge in [-0.2, -0.15) is 0 Å². The van der Waals surface area contributed by atoms with Crippen LogP contribution < -0.4 is 10.6 Å². The van der Waals surface area contributed by atoms with E-state index in [1.807, 2.05) is 26.4 Å². The van der Waals surface area contributed by atoms with Gasteiger partial charge in [-0.1, -0.05) is 0 Å². The summed E-state index contributed by atoms with van der Waals surface area (Å²) in [6, 6.07) is 1.16. The highest BCUT2D eigenvalue weighted by Gasteiger charge is 2.24. The van der Waals surface area contributed by atoms with Gasteiger partial charge in [0.15, 0.2) is 5.13 Å². The minimum Gasteiger partial charge on any atom is -0.317 e. The van der Waals surface area contributed by atoms with Gasteiger partial charge in [-0.15, -0.1) is 11.3 Å². The van der Waals surface area contributed by atoms with E-state index in [0.717, 1.165) is 18.5 Å². The zero-order valence-corrected chi connectivity index (χ0v) is 13.3. The molecule has 0 aromatic carbocycles. The number of nitrogens with zero attached hydrogens (tertiary/aromatic N) is 2. The van der Waals surface area contributed by atoms with Gasteiger partial charge in [0.2, 0.25) is 5.91 Å². The molecule has 1 saturated carbocycles. The zero-order chi connectivity index (χ0) is 14.5. The molecule has 0 atom stereocenters. The number of likely N-dealkylation sites (N-methyl/N-ethyl adjacent to an activating group) is 1. The van der Waals surface area contributed by atoms with Crippen molar-refractivity contribution in [1.29, 1.82) is 0 Å². The third-order valence-electron chi connectivity index (χ3n) is 3.99. The lowest BCUT2D eigenvalue weighted by Gasteiger charge is -2.34. The van der Waals surface area contributed by atoms with Gasteiger partial charge in [0.1, 0.15) is 0 Å². The summed E-state index contributed by atoms with van der Waals surface area (Å²) in [4.78, 5) is 18.4. The Hall–Kier alpha value is -0.980. The highest BCUT2D eigenvalue weighted by Crippen LogP contribution is 2.22. The van der Waals surface area contributed by atoms with Crippen LogP contribution in [0.4, 0.5) is 5.13 Å². The number of aryl methyl sites for hydroxylation is 1. The second kappa shape index (κ2) is 7.15. The number of rotatable bonds is 5. The van der Waals surface area contributed by atoms with Gasteiger partial charge in [0, 0.05) is 17.5 Å². The summed E-state index contributed by atoms with van der Waals surface area (Å²) >= 11 is 1.47. The molecule has 1 aromatic heterocycles. The topological polar surface area (TPSA) is 57.3 Å². The number of hydrogen-bond acceptors (Lipinski definition) is 5. The quantitative estimate of drug-likeness (QED) is 0.871. The van der Waals surface area contributed by atoms with Crippen LogP contribution in [0.25, 0.3) is 0 Å². The van der Waals surface area contributed by atoms with Crippen LogP contribution in [0.1, 0.15) is 31.4 Å². The average Bonchev–Trinajstić information content (AvgIpc) is 2.84. The molecule has 20 heavy (non-hydrogen) atoms. The standard InChI is InChI=1S/C14H24N4OS/c1-10-9-20-14(16-10)17-13(19)8-18(3)12-6-4-11(15-2)5-7-12/h9,11-12,15H,4-8H2,1-3H3,(H,16,17,19). The van der Waals surface area contributed by atoms with Gasteiger partial charge in [0.05, 0.1) is 12.2 Å². The number of anilines is 1. The molecule has 112 valence electrons. The molecule has 0 bridgehead atoms. The van der Waals surface area contributed by atoms with E-state index < -0.39 is 0 Å². The van der Waals surface area contributed by atoms with Crippen molar-refractivity contribution in [3.05, 3.63) is 11.1 Å². The Kier molecular flexibility index (Phi) is 5.51. The Balaban J connectivity index is 1.76. The molecule has 0 aliphatic heterocycles. The van der Waals surface area contributed by atoms with Crippen molar-refractivity contribution >= 4 is 22.4 Å². The number of nitrogens with one attached hydrogen (secondary N) is 2. The molecule has 1 fully saturated rings. The first kappa shape index (κ1) is 15.4. The SMILES string of the molecule is CNC1CCC(N(C)CC(=O)Nc2nc(C)cs2)CC1. The maximum Gasteiger partial charge on any atom is 0.240 e. The molecule has 1 amide bonds. The number of hydrogen-bond donors (Lipinski definition) is 2. The van der Waals surface area contributed by atoms with Crippen LogP contribution >= 0.6 is 11.3 Å². The largest absolute Gasteiger partial charge is 0.317 e. The van der Waals surface area contributed by atoms with E-state index in [9.17, 15) is 4.79 Å². The van der Waals surface area contributed by atoms with Crippen LogP contribution in [0, 0.1) is 6.92 Å². The van der Waals surface area contributed by atoms with Crippen molar-refractivity contribution in [2.75, 3.05) is 26.0 Å². The highest BCUT2D eigenvalue weighted by atomic mass is 32.1. The van der Waals surface area contributed by atoms with Crippen molar-refractivity contribution in [2.24, 2.45) is 0 Å². The highest BCUT2D eigenvalue weighted by molar-refractivity contribution is 7.13. The molecule has 1 aromatic rings. The maximum atomic E-state index is 12.0. The Labute approximate surface area is 124 Å². The Bertz CT molecular complexity index is 440. The molecule has 0 radical (unpaired) electrons. The van der Waals surface area contributed by atoms with Crippen molar-refractivity contribution in [3.8, 4) is 0 Å². The number of aromatic nitrogens is 1. The van der Waals surface area contributed by atoms with E-state index in [0.29, 0.717) is 23.8 Å². The predicted octanol–water partition coefficient (Wildman–Crippen LogP) is 1.85. The van der Waals surface area contributed by atoms with E-state index in [-0.39, 0.29) is 5.91 Å². The summed E-state index contributed by atoms with van der Waals surface area (Å²) in [5.74, 6) is 0.0255. The Morgan fingerprint density at radius 2 is 2.15 bits per heavy atom. The summed E-state index contributed by atoms with van der Waals surface area (Å²) in [6.07, 6.45) is 4.70. The molecule has 1 aliphatic carbocycles. The lowest BCUT2D eigenvalue weighted by molar-refractivity contribution is -0.117. The zero-order valence-electron chi connectivity index (χ0n) is 12.5. The number of thiazole rings is 1. The summed E-state index contributed by atoms with van der Waals surface area (Å²) < 4.78 is 0. The normalized spacial score (nSPS) is 23.0. The van der Waals surface area contributed by atoms with Crippen molar-refractivity contribution < 1.29 is 4.79 Å². The van der Waals surface area contributed by atoms with Crippen LogP contribution in [0.15, 0.2) is 5.38 Å². The summed E-state index contributed by atoms with van der Waals surface area (Å²) in [5.41, 5.74) is 0.948. The molecule has 1 aliphatic rings. The fraction of sp³-hybridized carbons (Fsp3) is 0.714. The maximum absolute atomic E-state index is 12.0. The second-order valence-electron chi connectivity index (χ2n) is 5.55. The minimum atomic E-state index is 0.0255. The molecule has 5 nitrogen and oxygen atoms in total. The first-order valence-corrected chi connectivity index (χ1v) is 8.06. The van der Waals surface area contributed by atoms with Gasteiger partial charge in [0.25, 0.3) is 0 Å². The average molecular weight is 296 g/mol. The van der Waals surface area contributed by atoms with Crippen molar-refractivity contribution in [2.45, 2.75) is 44.7 Å². The van der Waals surface area contributed by atoms with Gasteiger partial charge in [-0.3, -0.25) is 9.69 Å². The van der Waals surface area contributed by atoms with Gasteiger partial charge in [-0.05, 0) is 46.7 Å². The molecule has 0 spiro atoms. The Morgan fingerprint density at radius 3 is 2.70 bits per heavy atom. The van der Waals surface area contributed by atoms with Crippen LogP contribution in [0.2, 0.25) is 0 Å². The third-order valence-corrected chi connectivity index (χ3v) is 4.86. The molecular weight excluding hydrogens is 272 g/mol. The molecule has 2 rings (SSSR count). The lowest BCUT2D eigenvalue weighted by atomic mass is 9.90. The fourth-order valence-corrected chi connectivity index (χ4v) is 3.44. The van der Waals surface area contributed by atoms with Gasteiger partial charge in [-0.25, -0.2) is 4.98 Å². The predicted molar refractivity (Wildman–Crippen MR) is 83.2 cm³/mol. The molecule has 2 N–H and O–H groups in total. The van der Waals surface area contributed by atoms with E-state index in [1.54, 1.807) is 0 Å². The summed E-state index contributed by atoms with van der Waals surface area (Å²) in [5, 5.41) is 8.84. The third kappa shape index (κ3) is 4.26. The van der Waals surface area contributed by atoms with Gasteiger partial charge < -0.3 is 10.6 Å². The smallest absolute Gasteiger partial charge is 0.240 e.